The average molecular weight is 479 g/mol. The molecule has 0 aliphatic carbocycles. The number of benzene rings is 3. The molecule has 0 fully saturated rings. The summed E-state index contributed by atoms with van der Waals surface area (Å²) < 4.78 is 8.93. The van der Waals surface area contributed by atoms with Gasteiger partial charge in [0.1, 0.15) is 5.75 Å². The van der Waals surface area contributed by atoms with E-state index >= 15 is 0 Å². The molecule has 0 aliphatic heterocycles. The molecule has 170 valence electrons. The van der Waals surface area contributed by atoms with Crippen molar-refractivity contribution in [2.24, 2.45) is 4.99 Å². The minimum absolute atomic E-state index is 0.337. The lowest BCUT2D eigenvalue weighted by molar-refractivity contribution is 0.0998. The molecular formula is C26H18N6O2S. The standard InChI is InChI=1S/C26H18N6O2S/c1-34-19-13-11-18(12-14-19)32-26(29-23(33)17-7-3-2-4-8-17)35-24(30-32)22-15-16-27-25-28-20-9-5-6-10-21(20)31(22)25/h2-16H,1H3. The highest BCUT2D eigenvalue weighted by molar-refractivity contribution is 7.12. The van der Waals surface area contributed by atoms with Crippen LogP contribution in [0.15, 0.2) is 96.1 Å². The molecule has 6 rings (SSSR count). The maximum absolute atomic E-state index is 12.9. The molecule has 3 aromatic carbocycles. The Balaban J connectivity index is 1.58. The quantitative estimate of drug-likeness (QED) is 0.371. The number of carbonyl (C=O) groups excluding carboxylic acids is 1. The molecule has 8 nitrogen and oxygen atoms in total. The van der Waals surface area contributed by atoms with Crippen LogP contribution in [0.25, 0.3) is 33.2 Å². The molecule has 3 aromatic heterocycles. The lowest BCUT2D eigenvalue weighted by Gasteiger charge is -2.04. The van der Waals surface area contributed by atoms with Crippen LogP contribution >= 0.6 is 11.3 Å². The molecule has 6 aromatic rings. The van der Waals surface area contributed by atoms with E-state index in [-0.39, 0.29) is 5.91 Å². The van der Waals surface area contributed by atoms with E-state index in [1.54, 1.807) is 30.1 Å². The maximum atomic E-state index is 12.9. The van der Waals surface area contributed by atoms with Gasteiger partial charge in [-0.1, -0.05) is 41.7 Å². The predicted molar refractivity (Wildman–Crippen MR) is 134 cm³/mol. The zero-order valence-corrected chi connectivity index (χ0v) is 19.4. The van der Waals surface area contributed by atoms with Crippen LogP contribution in [0.3, 0.4) is 0 Å². The van der Waals surface area contributed by atoms with Crippen LogP contribution in [0.4, 0.5) is 0 Å². The first-order valence-electron chi connectivity index (χ1n) is 10.8. The number of methoxy groups -OCH3 is 1. The van der Waals surface area contributed by atoms with Crippen LogP contribution in [0, 0.1) is 0 Å². The number of imidazole rings is 1. The number of rotatable bonds is 4. The maximum Gasteiger partial charge on any atom is 0.279 e. The Bertz CT molecular complexity index is 1750. The van der Waals surface area contributed by atoms with Crippen molar-refractivity contribution in [2.45, 2.75) is 0 Å². The van der Waals surface area contributed by atoms with E-state index in [0.717, 1.165) is 28.2 Å². The summed E-state index contributed by atoms with van der Waals surface area (Å²) in [5, 5.41) is 5.54. The van der Waals surface area contributed by atoms with Gasteiger partial charge in [-0.25, -0.2) is 14.6 Å². The van der Waals surface area contributed by atoms with Gasteiger partial charge < -0.3 is 4.74 Å². The first kappa shape index (κ1) is 20.9. The molecule has 0 atom stereocenters. The van der Waals surface area contributed by atoms with E-state index < -0.39 is 0 Å². The second kappa shape index (κ2) is 8.62. The Morgan fingerprint density at radius 3 is 2.51 bits per heavy atom. The number of nitrogens with zero attached hydrogens (tertiary/aromatic N) is 6. The molecule has 0 unspecified atom stereocenters. The van der Waals surface area contributed by atoms with Gasteiger partial charge >= 0.3 is 0 Å². The summed E-state index contributed by atoms with van der Waals surface area (Å²) >= 11 is 1.32. The van der Waals surface area contributed by atoms with Crippen molar-refractivity contribution in [3.05, 3.63) is 101 Å². The van der Waals surface area contributed by atoms with Crippen LogP contribution in [0.2, 0.25) is 0 Å². The fourth-order valence-electron chi connectivity index (χ4n) is 3.83. The summed E-state index contributed by atoms with van der Waals surface area (Å²) in [6, 6.07) is 26.2. The van der Waals surface area contributed by atoms with Crippen molar-refractivity contribution in [1.29, 1.82) is 0 Å². The normalized spacial score (nSPS) is 11.9. The number of ether oxygens (including phenoxy) is 1. The smallest absolute Gasteiger partial charge is 0.279 e. The van der Waals surface area contributed by atoms with Gasteiger partial charge in [-0.3, -0.25) is 9.20 Å². The third kappa shape index (κ3) is 3.77. The van der Waals surface area contributed by atoms with Gasteiger partial charge in [-0.2, -0.15) is 10.1 Å². The van der Waals surface area contributed by atoms with E-state index in [9.17, 15) is 4.79 Å². The number of aromatic nitrogens is 5. The number of amides is 1. The SMILES string of the molecule is COc1ccc(-n2nc(-c3ccnc4nc5ccccc5n34)sc2=NC(=O)c2ccccc2)cc1. The number of hydrogen-bond acceptors (Lipinski definition) is 6. The Morgan fingerprint density at radius 2 is 1.71 bits per heavy atom. The molecular weight excluding hydrogens is 460 g/mol. The van der Waals surface area contributed by atoms with Gasteiger partial charge in [0.2, 0.25) is 10.6 Å². The molecule has 0 bridgehead atoms. The van der Waals surface area contributed by atoms with Crippen LogP contribution in [-0.2, 0) is 0 Å². The van der Waals surface area contributed by atoms with Crippen molar-refractivity contribution in [3.8, 4) is 22.1 Å². The van der Waals surface area contributed by atoms with Gasteiger partial charge in [0.15, 0.2) is 5.01 Å². The molecule has 0 aliphatic rings. The fourth-order valence-corrected chi connectivity index (χ4v) is 4.76. The van der Waals surface area contributed by atoms with Crippen LogP contribution in [0.1, 0.15) is 10.4 Å². The van der Waals surface area contributed by atoms with Crippen LogP contribution in [0.5, 0.6) is 5.75 Å². The summed E-state index contributed by atoms with van der Waals surface area (Å²) in [7, 11) is 1.62. The van der Waals surface area contributed by atoms with Gasteiger partial charge in [0.25, 0.3) is 5.91 Å². The summed E-state index contributed by atoms with van der Waals surface area (Å²) in [6.07, 6.45) is 1.71. The summed E-state index contributed by atoms with van der Waals surface area (Å²) in [5.41, 5.74) is 3.85. The monoisotopic (exact) mass is 478 g/mol. The molecule has 0 saturated heterocycles. The highest BCUT2D eigenvalue weighted by Gasteiger charge is 2.16. The number of fused-ring (bicyclic) bond motifs is 3. The van der Waals surface area contributed by atoms with Crippen molar-refractivity contribution < 1.29 is 9.53 Å². The molecule has 1 amide bonds. The Labute approximate surface area is 203 Å². The van der Waals surface area contributed by atoms with Crippen molar-refractivity contribution >= 4 is 34.1 Å². The largest absolute Gasteiger partial charge is 0.497 e. The predicted octanol–water partition coefficient (Wildman–Crippen LogP) is 4.55. The molecule has 0 saturated carbocycles. The van der Waals surface area contributed by atoms with E-state index in [4.69, 9.17) is 9.84 Å². The van der Waals surface area contributed by atoms with Gasteiger partial charge in [-0.05, 0) is 54.6 Å². The van der Waals surface area contributed by atoms with E-state index in [1.807, 2.05) is 77.2 Å². The highest BCUT2D eigenvalue weighted by atomic mass is 32.1. The van der Waals surface area contributed by atoms with Gasteiger partial charge in [-0.15, -0.1) is 0 Å². The van der Waals surface area contributed by atoms with Gasteiger partial charge in [0, 0.05) is 11.8 Å². The lowest BCUT2D eigenvalue weighted by atomic mass is 10.2. The molecule has 3 heterocycles. The number of carbonyl (C=O) groups is 1. The summed E-state index contributed by atoms with van der Waals surface area (Å²) in [4.78, 5) is 26.9. The highest BCUT2D eigenvalue weighted by Crippen LogP contribution is 2.26. The Kier molecular flexibility index (Phi) is 5.16. The van der Waals surface area contributed by atoms with Crippen molar-refractivity contribution in [3.63, 3.8) is 0 Å². The first-order chi connectivity index (χ1) is 17.2. The second-order valence-corrected chi connectivity index (χ2v) is 8.60. The molecule has 9 heteroatoms. The Morgan fingerprint density at radius 1 is 0.943 bits per heavy atom. The van der Waals surface area contributed by atoms with E-state index in [2.05, 4.69) is 15.0 Å². The third-order valence-corrected chi connectivity index (χ3v) is 6.45. The number of para-hydroxylation sites is 2. The van der Waals surface area contributed by atoms with Crippen LogP contribution in [-0.4, -0.2) is 37.2 Å². The minimum Gasteiger partial charge on any atom is -0.497 e. The van der Waals surface area contributed by atoms with Crippen molar-refractivity contribution in [1.82, 2.24) is 24.1 Å². The fraction of sp³-hybridized carbons (Fsp3) is 0.0385. The molecule has 0 radical (unpaired) electrons. The number of hydrogen-bond donors (Lipinski definition) is 0. The van der Waals surface area contributed by atoms with E-state index in [0.29, 0.717) is 21.2 Å². The topological polar surface area (TPSA) is 86.7 Å². The summed E-state index contributed by atoms with van der Waals surface area (Å²) in [5.74, 6) is 0.967. The zero-order valence-electron chi connectivity index (χ0n) is 18.6. The third-order valence-electron chi connectivity index (χ3n) is 5.52. The second-order valence-electron chi connectivity index (χ2n) is 7.65. The minimum atomic E-state index is -0.337. The molecule has 35 heavy (non-hydrogen) atoms. The van der Waals surface area contributed by atoms with E-state index in [1.165, 1.54) is 11.3 Å². The summed E-state index contributed by atoms with van der Waals surface area (Å²) in [6.45, 7) is 0. The Hall–Kier alpha value is -4.63. The van der Waals surface area contributed by atoms with Gasteiger partial charge in [0.05, 0.1) is 29.5 Å². The van der Waals surface area contributed by atoms with Crippen molar-refractivity contribution in [2.75, 3.05) is 7.11 Å². The first-order valence-corrected chi connectivity index (χ1v) is 11.6. The zero-order chi connectivity index (χ0) is 23.8. The lowest BCUT2D eigenvalue weighted by Crippen LogP contribution is -2.16. The van der Waals surface area contributed by atoms with Crippen LogP contribution < -0.4 is 9.54 Å². The molecule has 0 N–H and O–H groups in total. The average Bonchev–Trinajstić information content (AvgIpc) is 3.50. The molecule has 0 spiro atoms.